The molecule has 1 aliphatic rings. The van der Waals surface area contributed by atoms with Crippen molar-refractivity contribution >= 4 is 35.2 Å². The maximum atomic E-state index is 13.5. The van der Waals surface area contributed by atoms with E-state index in [1.165, 1.54) is 24.7 Å². The van der Waals surface area contributed by atoms with Gasteiger partial charge in [-0.05, 0) is 55.5 Å². The minimum Gasteiger partial charge on any atom is -0.489 e. The van der Waals surface area contributed by atoms with Gasteiger partial charge in [-0.25, -0.2) is 14.6 Å². The van der Waals surface area contributed by atoms with Gasteiger partial charge in [0.2, 0.25) is 0 Å². The molecule has 41 heavy (non-hydrogen) atoms. The summed E-state index contributed by atoms with van der Waals surface area (Å²) in [5.41, 5.74) is 2.85. The summed E-state index contributed by atoms with van der Waals surface area (Å²) in [4.78, 5) is 44.4. The largest absolute Gasteiger partial charge is 0.493 e. The van der Waals surface area contributed by atoms with Gasteiger partial charge in [-0.3, -0.25) is 9.20 Å². The Morgan fingerprint density at radius 3 is 2.51 bits per heavy atom. The molecule has 1 saturated carbocycles. The second kappa shape index (κ2) is 13.1. The van der Waals surface area contributed by atoms with Crippen LogP contribution in [-0.4, -0.2) is 46.7 Å². The molecule has 1 fully saturated rings. The number of hydrogen-bond donors (Lipinski definition) is 2. The van der Waals surface area contributed by atoms with Crippen molar-refractivity contribution in [3.05, 3.63) is 64.6 Å². The Labute approximate surface area is 238 Å². The number of aryl methyl sites for hydroxylation is 1. The molecule has 3 aromatic rings. The van der Waals surface area contributed by atoms with E-state index in [0.717, 1.165) is 12.8 Å². The quantitative estimate of drug-likeness (QED) is 0.331. The van der Waals surface area contributed by atoms with E-state index < -0.39 is 36.8 Å². The number of imidazole rings is 1. The Morgan fingerprint density at radius 1 is 1.12 bits per heavy atom. The first-order valence-electron chi connectivity index (χ1n) is 12.9. The number of aromatic nitrogens is 2. The fourth-order valence-corrected chi connectivity index (χ4v) is 4.71. The normalized spacial score (nSPS) is 14.8. The molecule has 2 amide bonds. The van der Waals surface area contributed by atoms with Gasteiger partial charge in [0.15, 0.2) is 11.4 Å². The number of halogens is 4. The van der Waals surface area contributed by atoms with Crippen LogP contribution in [0, 0.1) is 12.8 Å². The lowest BCUT2D eigenvalue weighted by Crippen LogP contribution is -2.37. The number of carbonyl (C=O) groups excluding carboxylic acids is 3. The highest BCUT2D eigenvalue weighted by molar-refractivity contribution is 6.30. The zero-order chi connectivity index (χ0) is 29.6. The Hall–Kier alpha value is -4.00. The Bertz CT molecular complexity index is 1390. The fraction of sp³-hybridized carbons (Fsp3) is 0.407. The van der Waals surface area contributed by atoms with E-state index in [4.69, 9.17) is 21.1 Å². The van der Waals surface area contributed by atoms with Crippen LogP contribution in [0.25, 0.3) is 5.65 Å². The molecule has 2 N–H and O–H groups in total. The Kier molecular flexibility index (Phi) is 9.58. The fourth-order valence-electron chi connectivity index (χ4n) is 4.58. The number of amides is 2. The number of fused-ring (bicyclic) bond motifs is 1. The first kappa shape index (κ1) is 30.0. The Morgan fingerprint density at radius 2 is 1.83 bits per heavy atom. The zero-order valence-corrected chi connectivity index (χ0v) is 22.8. The molecule has 2 aromatic heterocycles. The monoisotopic (exact) mass is 596 g/mol. The average molecular weight is 597 g/mol. The molecule has 14 heteroatoms. The predicted octanol–water partition coefficient (Wildman–Crippen LogP) is 5.47. The lowest BCUT2D eigenvalue weighted by Gasteiger charge is -2.21. The van der Waals surface area contributed by atoms with Gasteiger partial charge in [0.25, 0.3) is 5.91 Å². The van der Waals surface area contributed by atoms with E-state index in [1.807, 2.05) is 0 Å². The molecule has 1 aliphatic carbocycles. The number of rotatable bonds is 8. The molecule has 0 aliphatic heterocycles. The summed E-state index contributed by atoms with van der Waals surface area (Å²) in [5, 5.41) is 3.17. The van der Waals surface area contributed by atoms with E-state index in [9.17, 15) is 27.6 Å². The van der Waals surface area contributed by atoms with Crippen LogP contribution >= 0.6 is 11.6 Å². The lowest BCUT2D eigenvalue weighted by molar-refractivity contribution is -0.205. The van der Waals surface area contributed by atoms with Crippen LogP contribution in [-0.2, 0) is 14.4 Å². The van der Waals surface area contributed by atoms with Gasteiger partial charge in [0.1, 0.15) is 12.3 Å². The number of nitrogens with zero attached hydrogens (tertiary/aromatic N) is 2. The third-order valence-electron chi connectivity index (χ3n) is 6.62. The summed E-state index contributed by atoms with van der Waals surface area (Å²) in [6.45, 7) is 1.71. The highest BCUT2D eigenvalue weighted by Crippen LogP contribution is 2.27. The van der Waals surface area contributed by atoms with Crippen molar-refractivity contribution in [1.82, 2.24) is 20.2 Å². The second-order valence-corrected chi connectivity index (χ2v) is 10.0. The molecule has 1 atom stereocenters. The number of alkyl halides is 3. The minimum absolute atomic E-state index is 0.214. The Balaban J connectivity index is 1.48. The summed E-state index contributed by atoms with van der Waals surface area (Å²) in [6, 6.07) is 8.84. The lowest BCUT2D eigenvalue weighted by atomic mass is 9.90. The number of pyridine rings is 1. The van der Waals surface area contributed by atoms with Gasteiger partial charge in [0.05, 0.1) is 18.3 Å². The molecule has 0 saturated heterocycles. The molecular weight excluding hydrogens is 569 g/mol. The molecule has 1 unspecified atom stereocenters. The van der Waals surface area contributed by atoms with E-state index in [1.54, 1.807) is 53.9 Å². The number of hydrogen-bond acceptors (Lipinski definition) is 7. The molecular formula is C27H28ClF3N4O6. The molecule has 0 spiro atoms. The molecule has 220 valence electrons. The van der Waals surface area contributed by atoms with Crippen LogP contribution in [0.3, 0.4) is 0 Å². The number of ether oxygens (including phenoxy) is 2. The number of benzene rings is 1. The summed E-state index contributed by atoms with van der Waals surface area (Å²) in [7, 11) is 0. The second-order valence-electron chi connectivity index (χ2n) is 9.59. The summed E-state index contributed by atoms with van der Waals surface area (Å²) < 4.78 is 49.5. The zero-order valence-electron chi connectivity index (χ0n) is 22.0. The van der Waals surface area contributed by atoms with Crippen molar-refractivity contribution in [2.45, 2.75) is 51.2 Å². The van der Waals surface area contributed by atoms with Crippen LogP contribution in [0.15, 0.2) is 42.6 Å². The summed E-state index contributed by atoms with van der Waals surface area (Å²) in [5.74, 6) is -2.17. The SMILES string of the molecule is Cc1nc2c(OCC3CCCCC3)cccn2c1C(=O)NC(COC(=O)NOC(=O)C(F)(F)F)c1ccc(Cl)cc1. The highest BCUT2D eigenvalue weighted by Gasteiger charge is 2.42. The molecule has 1 aromatic carbocycles. The van der Waals surface area contributed by atoms with Gasteiger partial charge in [-0.15, -0.1) is 5.48 Å². The number of hydroxylamine groups is 1. The average Bonchev–Trinajstić information content (AvgIpc) is 3.29. The third-order valence-corrected chi connectivity index (χ3v) is 6.87. The van der Waals surface area contributed by atoms with Gasteiger partial charge >= 0.3 is 18.2 Å². The summed E-state index contributed by atoms with van der Waals surface area (Å²) in [6.07, 6.45) is 0.730. The van der Waals surface area contributed by atoms with E-state index in [-0.39, 0.29) is 5.69 Å². The molecule has 0 radical (unpaired) electrons. The molecule has 4 rings (SSSR count). The molecule has 2 heterocycles. The van der Waals surface area contributed by atoms with Crippen molar-refractivity contribution in [3.8, 4) is 5.75 Å². The van der Waals surface area contributed by atoms with Gasteiger partial charge in [0, 0.05) is 11.2 Å². The van der Waals surface area contributed by atoms with Gasteiger partial charge < -0.3 is 19.6 Å². The van der Waals surface area contributed by atoms with Crippen molar-refractivity contribution in [3.63, 3.8) is 0 Å². The van der Waals surface area contributed by atoms with E-state index in [2.05, 4.69) is 15.1 Å². The summed E-state index contributed by atoms with van der Waals surface area (Å²) >= 11 is 5.97. The minimum atomic E-state index is -5.31. The van der Waals surface area contributed by atoms with Crippen LogP contribution in [0.2, 0.25) is 5.02 Å². The van der Waals surface area contributed by atoms with E-state index >= 15 is 0 Å². The van der Waals surface area contributed by atoms with Crippen molar-refractivity contribution in [2.75, 3.05) is 13.2 Å². The van der Waals surface area contributed by atoms with Crippen LogP contribution in [0.1, 0.15) is 59.9 Å². The first-order valence-corrected chi connectivity index (χ1v) is 13.3. The number of nitrogens with one attached hydrogen (secondary N) is 2. The van der Waals surface area contributed by atoms with Crippen LogP contribution in [0.5, 0.6) is 5.75 Å². The van der Waals surface area contributed by atoms with E-state index in [0.29, 0.717) is 40.2 Å². The standard InChI is InChI=1S/C27H28ClF3N4O6/c1-16-22(35-13-5-8-21(23(35)32-16)39-14-17-6-3-2-4-7-17)24(36)33-20(18-9-11-19(28)12-10-18)15-40-26(38)34-41-25(37)27(29,30)31/h5,8-13,17,20H,2-4,6-7,14-15H2,1H3,(H,33,36)(H,34,38). The first-order chi connectivity index (χ1) is 19.5. The van der Waals surface area contributed by atoms with Gasteiger partial charge in [-0.1, -0.05) is 43.0 Å². The van der Waals surface area contributed by atoms with Crippen molar-refractivity contribution in [1.29, 1.82) is 0 Å². The van der Waals surface area contributed by atoms with Crippen molar-refractivity contribution in [2.24, 2.45) is 5.92 Å². The van der Waals surface area contributed by atoms with Gasteiger partial charge in [-0.2, -0.15) is 13.2 Å². The van der Waals surface area contributed by atoms with Crippen LogP contribution < -0.4 is 15.5 Å². The molecule has 0 bridgehead atoms. The van der Waals surface area contributed by atoms with Crippen molar-refractivity contribution < 1.29 is 41.9 Å². The maximum absolute atomic E-state index is 13.5. The third kappa shape index (κ3) is 7.81. The number of carbonyl (C=O) groups is 3. The topological polar surface area (TPSA) is 120 Å². The smallest absolute Gasteiger partial charge is 0.489 e. The highest BCUT2D eigenvalue weighted by atomic mass is 35.5. The predicted molar refractivity (Wildman–Crippen MR) is 140 cm³/mol. The maximum Gasteiger partial charge on any atom is 0.493 e. The molecule has 10 nitrogen and oxygen atoms in total. The van der Waals surface area contributed by atoms with Crippen LogP contribution in [0.4, 0.5) is 18.0 Å².